The van der Waals surface area contributed by atoms with E-state index >= 15 is 0 Å². The van der Waals surface area contributed by atoms with Crippen molar-refractivity contribution in [1.29, 1.82) is 0 Å². The van der Waals surface area contributed by atoms with Crippen molar-refractivity contribution in [2.75, 3.05) is 4.31 Å². The number of hydrogen-bond acceptors (Lipinski definition) is 3. The van der Waals surface area contributed by atoms with E-state index in [2.05, 4.69) is 16.2 Å². The molecule has 0 spiro atoms. The molecule has 4 aromatic rings. The molecule has 0 aliphatic carbocycles. The van der Waals surface area contributed by atoms with E-state index in [1.807, 2.05) is 6.07 Å². The number of carbonyl (C=O) groups excluding carboxylic acids is 1. The molecule has 33 heavy (non-hydrogen) atoms. The summed E-state index contributed by atoms with van der Waals surface area (Å²) in [6, 6.07) is 20.2. The first kappa shape index (κ1) is 22.1. The largest absolute Gasteiger partial charge is 0.334 e. The normalized spacial score (nSPS) is 12.5. The van der Waals surface area contributed by atoms with Crippen LogP contribution in [0.2, 0.25) is 0 Å². The summed E-state index contributed by atoms with van der Waals surface area (Å²) in [6.45, 7) is 0. The van der Waals surface area contributed by atoms with Crippen LogP contribution in [0.15, 0.2) is 85.1 Å². The quantitative estimate of drug-likeness (QED) is 0.322. The van der Waals surface area contributed by atoms with Gasteiger partial charge in [0.15, 0.2) is 0 Å². The molecule has 0 fully saturated rings. The number of nitrogens with one attached hydrogen (secondary N) is 1. The van der Waals surface area contributed by atoms with Crippen LogP contribution < -0.4 is 9.62 Å². The zero-order valence-corrected chi connectivity index (χ0v) is 18.0. The van der Waals surface area contributed by atoms with Crippen LogP contribution in [-0.2, 0) is 11.3 Å². The second-order valence-electron chi connectivity index (χ2n) is 7.02. The number of halogens is 1. The van der Waals surface area contributed by atoms with Crippen LogP contribution in [0.25, 0.3) is 10.9 Å². The lowest BCUT2D eigenvalue weighted by atomic mass is 10.1. The number of amides is 1. The molecule has 1 heterocycles. The summed E-state index contributed by atoms with van der Waals surface area (Å²) in [5, 5.41) is 3.42. The maximum atomic E-state index is 14.2. The minimum Gasteiger partial charge on any atom is -0.334 e. The van der Waals surface area contributed by atoms with E-state index in [0.717, 1.165) is 21.8 Å². The number of terminal acetylenes is 1. The third-order valence-electron chi connectivity index (χ3n) is 4.98. The third-order valence-corrected chi connectivity index (χ3v) is 5.69. The number of hydrogen-bond donors (Lipinski definition) is 2. The molecule has 0 saturated heterocycles. The highest BCUT2D eigenvalue weighted by Crippen LogP contribution is 2.35. The highest BCUT2D eigenvalue weighted by atomic mass is 32.2. The zero-order valence-electron chi connectivity index (χ0n) is 17.2. The van der Waals surface area contributed by atoms with Gasteiger partial charge in [-0.05, 0) is 35.9 Å². The van der Waals surface area contributed by atoms with E-state index in [9.17, 15) is 17.9 Å². The molecule has 8 heteroatoms. The molecule has 4 rings (SSSR count). The van der Waals surface area contributed by atoms with Crippen molar-refractivity contribution >= 4 is 39.5 Å². The standard InChI is InChI=1S/C25H18FN3O3S/c1-2-21(17-8-4-3-5-9-17)28-25(30)20-16-19(26)13-14-22(20)29(33(31)32)23-12-6-10-18-11-7-15-27-24(18)23/h1,3-16,21H,(H,28,30)(H,31,32). The van der Waals surface area contributed by atoms with Gasteiger partial charge < -0.3 is 5.32 Å². The molecule has 0 bridgehead atoms. The van der Waals surface area contributed by atoms with Gasteiger partial charge in [0.25, 0.3) is 17.2 Å². The van der Waals surface area contributed by atoms with Crippen molar-refractivity contribution in [1.82, 2.24) is 10.3 Å². The van der Waals surface area contributed by atoms with Gasteiger partial charge in [0.2, 0.25) is 0 Å². The summed E-state index contributed by atoms with van der Waals surface area (Å²) in [7, 11) is 0. The maximum absolute atomic E-state index is 14.2. The predicted molar refractivity (Wildman–Crippen MR) is 127 cm³/mol. The Bertz CT molecular complexity index is 1380. The Labute approximate surface area is 192 Å². The molecule has 2 atom stereocenters. The Morgan fingerprint density at radius 1 is 1.06 bits per heavy atom. The Balaban J connectivity index is 1.80. The van der Waals surface area contributed by atoms with Gasteiger partial charge in [-0.3, -0.25) is 14.3 Å². The summed E-state index contributed by atoms with van der Waals surface area (Å²) < 4.78 is 37.8. The van der Waals surface area contributed by atoms with Crippen LogP contribution in [0.3, 0.4) is 0 Å². The van der Waals surface area contributed by atoms with Crippen molar-refractivity contribution in [2.24, 2.45) is 0 Å². The molecule has 0 aliphatic heterocycles. The third kappa shape index (κ3) is 4.60. The van der Waals surface area contributed by atoms with Gasteiger partial charge in [-0.1, -0.05) is 54.5 Å². The molecule has 0 saturated carbocycles. The van der Waals surface area contributed by atoms with Gasteiger partial charge >= 0.3 is 0 Å². The molecule has 1 aromatic heterocycles. The number of anilines is 2. The average Bonchev–Trinajstić information content (AvgIpc) is 2.84. The highest BCUT2D eigenvalue weighted by Gasteiger charge is 2.25. The number of pyridine rings is 1. The topological polar surface area (TPSA) is 82.5 Å². The second-order valence-corrected chi connectivity index (χ2v) is 7.85. The summed E-state index contributed by atoms with van der Waals surface area (Å²) in [5.74, 6) is 1.13. The number of benzene rings is 3. The number of para-hydroxylation sites is 1. The highest BCUT2D eigenvalue weighted by molar-refractivity contribution is 7.81. The lowest BCUT2D eigenvalue weighted by Gasteiger charge is -2.24. The Hall–Kier alpha value is -4.06. The fourth-order valence-electron chi connectivity index (χ4n) is 3.49. The molecule has 2 unspecified atom stereocenters. The fourth-order valence-corrected chi connectivity index (χ4v) is 4.14. The number of rotatable bonds is 6. The summed E-state index contributed by atoms with van der Waals surface area (Å²) in [5.41, 5.74) is 1.28. The minimum atomic E-state index is -2.59. The first-order valence-corrected chi connectivity index (χ1v) is 10.9. The van der Waals surface area contributed by atoms with Crippen molar-refractivity contribution in [3.05, 3.63) is 102 Å². The van der Waals surface area contributed by atoms with Crippen molar-refractivity contribution in [3.8, 4) is 12.3 Å². The molecule has 0 radical (unpaired) electrons. The van der Waals surface area contributed by atoms with Crippen LogP contribution >= 0.6 is 0 Å². The summed E-state index contributed by atoms with van der Waals surface area (Å²) in [6.07, 6.45) is 7.17. The first-order valence-electron chi connectivity index (χ1n) is 9.86. The maximum Gasteiger partial charge on any atom is 0.266 e. The van der Waals surface area contributed by atoms with Gasteiger partial charge in [0.05, 0.1) is 22.5 Å². The Kier molecular flexibility index (Phi) is 6.45. The molecular weight excluding hydrogens is 441 g/mol. The molecule has 2 N–H and O–H groups in total. The number of fused-ring (bicyclic) bond motifs is 1. The number of carbonyl (C=O) groups is 1. The zero-order chi connectivity index (χ0) is 23.4. The number of nitrogens with zero attached hydrogens (tertiary/aromatic N) is 2. The van der Waals surface area contributed by atoms with E-state index in [0.29, 0.717) is 11.1 Å². The molecule has 164 valence electrons. The van der Waals surface area contributed by atoms with Crippen molar-refractivity contribution < 1.29 is 17.9 Å². The molecule has 0 aliphatic rings. The summed E-state index contributed by atoms with van der Waals surface area (Å²) >= 11 is -2.59. The SMILES string of the molecule is C#CC(NC(=O)c1cc(F)ccc1N(c1cccc2cccnc12)S(=O)O)c1ccccc1. The van der Waals surface area contributed by atoms with Crippen LogP contribution in [0.4, 0.5) is 15.8 Å². The van der Waals surface area contributed by atoms with E-state index < -0.39 is 29.0 Å². The fraction of sp³-hybridized carbons (Fsp3) is 0.0400. The van der Waals surface area contributed by atoms with Crippen molar-refractivity contribution in [3.63, 3.8) is 0 Å². The van der Waals surface area contributed by atoms with E-state index in [-0.39, 0.29) is 16.9 Å². The Morgan fingerprint density at radius 2 is 1.82 bits per heavy atom. The minimum absolute atomic E-state index is 0.0247. The van der Waals surface area contributed by atoms with Crippen LogP contribution in [-0.4, -0.2) is 19.7 Å². The van der Waals surface area contributed by atoms with Gasteiger partial charge in [-0.15, -0.1) is 6.42 Å². The van der Waals surface area contributed by atoms with Crippen LogP contribution in [0, 0.1) is 18.2 Å². The summed E-state index contributed by atoms with van der Waals surface area (Å²) in [4.78, 5) is 17.5. The van der Waals surface area contributed by atoms with Crippen LogP contribution in [0.1, 0.15) is 22.0 Å². The van der Waals surface area contributed by atoms with Gasteiger partial charge in [-0.2, -0.15) is 0 Å². The molecule has 1 amide bonds. The van der Waals surface area contributed by atoms with Gasteiger partial charge in [0.1, 0.15) is 11.9 Å². The molecule has 3 aromatic carbocycles. The molecular formula is C25H18FN3O3S. The van der Waals surface area contributed by atoms with Gasteiger partial charge in [-0.25, -0.2) is 12.9 Å². The average molecular weight is 460 g/mol. The Morgan fingerprint density at radius 3 is 2.55 bits per heavy atom. The van der Waals surface area contributed by atoms with E-state index in [4.69, 9.17) is 6.42 Å². The van der Waals surface area contributed by atoms with E-state index in [1.54, 1.807) is 60.8 Å². The first-order chi connectivity index (χ1) is 16.0. The number of aromatic nitrogens is 1. The van der Waals surface area contributed by atoms with Crippen LogP contribution in [0.5, 0.6) is 0 Å². The van der Waals surface area contributed by atoms with Gasteiger partial charge in [0, 0.05) is 11.6 Å². The molecule has 6 nitrogen and oxygen atoms in total. The van der Waals surface area contributed by atoms with Crippen molar-refractivity contribution in [2.45, 2.75) is 6.04 Å². The lowest BCUT2D eigenvalue weighted by molar-refractivity contribution is 0.0946. The van der Waals surface area contributed by atoms with E-state index in [1.165, 1.54) is 6.07 Å². The monoisotopic (exact) mass is 459 g/mol. The predicted octanol–water partition coefficient (Wildman–Crippen LogP) is 4.75. The lowest BCUT2D eigenvalue weighted by Crippen LogP contribution is -2.30. The smallest absolute Gasteiger partial charge is 0.266 e. The second kappa shape index (κ2) is 9.61.